The summed E-state index contributed by atoms with van der Waals surface area (Å²) in [4.78, 5) is 55.3. The van der Waals surface area contributed by atoms with E-state index in [0.717, 1.165) is 18.7 Å². The number of nitrogens with one attached hydrogen (secondary N) is 4. The lowest BCUT2D eigenvalue weighted by Gasteiger charge is -2.23. The predicted molar refractivity (Wildman–Crippen MR) is 198 cm³/mol. The van der Waals surface area contributed by atoms with Crippen LogP contribution >= 0.6 is 23.2 Å². The van der Waals surface area contributed by atoms with Crippen molar-refractivity contribution in [3.63, 3.8) is 0 Å². The number of carbonyl (C=O) groups excluding carboxylic acids is 4. The van der Waals surface area contributed by atoms with E-state index in [-0.39, 0.29) is 23.6 Å². The summed E-state index contributed by atoms with van der Waals surface area (Å²) in [6.45, 7) is 2.13. The standard InChI is InChI=1S/C35H42Cl2N8O4/c1-42(2)17-5-6-32(46)38-27-20-30(43(3)22-27)34(48)39-25-9-7-24(8-10-25)33(47)41-28-21-31(44(4)23-28)35(49)40-26-11-13-29(14-12-26)45(18-15-36)19-16-37/h7-14,20-23H,5-6,15-19H2,1-4H3,(H,38,46)(H,39,48)(H,40,49)(H,41,47). The van der Waals surface area contributed by atoms with Crippen molar-refractivity contribution in [3.8, 4) is 0 Å². The fourth-order valence-corrected chi connectivity index (χ4v) is 5.53. The van der Waals surface area contributed by atoms with Crippen LogP contribution in [0.1, 0.15) is 44.2 Å². The van der Waals surface area contributed by atoms with E-state index in [1.165, 1.54) is 0 Å². The smallest absolute Gasteiger partial charge is 0.272 e. The van der Waals surface area contributed by atoms with E-state index in [9.17, 15) is 19.2 Å². The van der Waals surface area contributed by atoms with Crippen LogP contribution in [0.4, 0.5) is 28.4 Å². The molecular formula is C35H42Cl2N8O4. The maximum Gasteiger partial charge on any atom is 0.272 e. The molecule has 0 aliphatic heterocycles. The van der Waals surface area contributed by atoms with Gasteiger partial charge in [0.2, 0.25) is 5.91 Å². The Morgan fingerprint density at radius 1 is 0.633 bits per heavy atom. The summed E-state index contributed by atoms with van der Waals surface area (Å²) >= 11 is 11.8. The van der Waals surface area contributed by atoms with Gasteiger partial charge in [0.1, 0.15) is 11.4 Å². The number of alkyl halides is 2. The minimum atomic E-state index is -0.377. The van der Waals surface area contributed by atoms with Crippen LogP contribution in [0.15, 0.2) is 73.1 Å². The number of carbonyl (C=O) groups is 4. The summed E-state index contributed by atoms with van der Waals surface area (Å²) < 4.78 is 3.27. The molecule has 0 saturated carbocycles. The molecule has 0 aliphatic carbocycles. The van der Waals surface area contributed by atoms with Crippen molar-refractivity contribution in [1.29, 1.82) is 0 Å². The van der Waals surface area contributed by atoms with Crippen molar-refractivity contribution in [1.82, 2.24) is 14.0 Å². The van der Waals surface area contributed by atoms with Crippen LogP contribution in [0.3, 0.4) is 0 Å². The molecule has 2 aromatic carbocycles. The average molecular weight is 710 g/mol. The first-order valence-corrected chi connectivity index (χ1v) is 16.8. The molecule has 14 heteroatoms. The third-order valence-corrected chi connectivity index (χ3v) is 7.97. The van der Waals surface area contributed by atoms with Crippen LogP contribution < -0.4 is 26.2 Å². The summed E-state index contributed by atoms with van der Waals surface area (Å²) in [6.07, 6.45) is 4.46. The largest absolute Gasteiger partial charge is 0.369 e. The van der Waals surface area contributed by atoms with Crippen molar-refractivity contribution in [3.05, 3.63) is 90.0 Å². The number of hydrogen-bond acceptors (Lipinski definition) is 6. The molecule has 0 unspecified atom stereocenters. The molecule has 0 saturated heterocycles. The number of amides is 4. The molecule has 0 radical (unpaired) electrons. The Kier molecular flexibility index (Phi) is 13.3. The zero-order valence-electron chi connectivity index (χ0n) is 28.1. The number of nitrogens with zero attached hydrogens (tertiary/aromatic N) is 4. The van der Waals surface area contributed by atoms with Gasteiger partial charge in [0.25, 0.3) is 17.7 Å². The highest BCUT2D eigenvalue weighted by atomic mass is 35.5. The summed E-state index contributed by atoms with van der Waals surface area (Å²) in [5, 5.41) is 11.4. The van der Waals surface area contributed by atoms with E-state index >= 15 is 0 Å². The van der Waals surface area contributed by atoms with E-state index in [1.54, 1.807) is 72.0 Å². The third-order valence-electron chi connectivity index (χ3n) is 7.63. The maximum absolute atomic E-state index is 13.0. The second-order valence-corrected chi connectivity index (χ2v) is 12.5. The van der Waals surface area contributed by atoms with Gasteiger partial charge < -0.3 is 40.2 Å². The molecule has 0 fully saturated rings. The molecule has 0 atom stereocenters. The number of anilines is 5. The molecule has 4 N–H and O–H groups in total. The second-order valence-electron chi connectivity index (χ2n) is 11.8. The molecule has 4 aromatic rings. The molecule has 0 bridgehead atoms. The van der Waals surface area contributed by atoms with Gasteiger partial charge in [0, 0.05) is 80.4 Å². The number of benzene rings is 2. The van der Waals surface area contributed by atoms with E-state index < -0.39 is 0 Å². The number of halogens is 2. The van der Waals surface area contributed by atoms with Gasteiger partial charge in [-0.2, -0.15) is 0 Å². The molecule has 49 heavy (non-hydrogen) atoms. The van der Waals surface area contributed by atoms with Crippen molar-refractivity contribution >= 4 is 75.3 Å². The lowest BCUT2D eigenvalue weighted by molar-refractivity contribution is -0.116. The van der Waals surface area contributed by atoms with Gasteiger partial charge in [-0.05, 0) is 87.7 Å². The Balaban J connectivity index is 1.31. The SMILES string of the molecule is CN(C)CCCC(=O)Nc1cc(C(=O)Nc2ccc(C(=O)Nc3cc(C(=O)Nc4ccc(N(CCCl)CCCl)cc4)n(C)c3)cc2)n(C)c1. The first-order chi connectivity index (χ1) is 23.5. The van der Waals surface area contributed by atoms with Crippen LogP contribution in [-0.4, -0.2) is 83.2 Å². The highest BCUT2D eigenvalue weighted by molar-refractivity contribution is 6.18. The molecule has 4 rings (SSSR count). The first kappa shape index (κ1) is 37.0. The van der Waals surface area contributed by atoms with E-state index in [2.05, 4.69) is 26.2 Å². The van der Waals surface area contributed by atoms with Crippen molar-refractivity contribution in [2.45, 2.75) is 12.8 Å². The quantitative estimate of drug-likeness (QED) is 0.111. The fourth-order valence-electron chi connectivity index (χ4n) is 5.12. The van der Waals surface area contributed by atoms with E-state index in [1.807, 2.05) is 43.3 Å². The lowest BCUT2D eigenvalue weighted by atomic mass is 10.2. The topological polar surface area (TPSA) is 133 Å². The van der Waals surface area contributed by atoms with Crippen LogP contribution in [0.25, 0.3) is 0 Å². The van der Waals surface area contributed by atoms with Gasteiger partial charge in [-0.25, -0.2) is 0 Å². The Morgan fingerprint density at radius 3 is 1.59 bits per heavy atom. The Bertz CT molecular complexity index is 1740. The number of rotatable bonds is 16. The zero-order valence-corrected chi connectivity index (χ0v) is 29.6. The highest BCUT2D eigenvalue weighted by Gasteiger charge is 2.17. The molecule has 4 amide bonds. The van der Waals surface area contributed by atoms with Gasteiger partial charge in [-0.3, -0.25) is 19.2 Å². The first-order valence-electron chi connectivity index (χ1n) is 15.8. The minimum Gasteiger partial charge on any atom is -0.369 e. The molecule has 2 heterocycles. The van der Waals surface area contributed by atoms with Gasteiger partial charge in [-0.15, -0.1) is 23.2 Å². The molecule has 12 nitrogen and oxygen atoms in total. The van der Waals surface area contributed by atoms with Crippen molar-refractivity contribution < 1.29 is 19.2 Å². The molecule has 0 aliphatic rings. The Morgan fingerprint density at radius 2 is 1.10 bits per heavy atom. The number of aromatic nitrogens is 2. The highest BCUT2D eigenvalue weighted by Crippen LogP contribution is 2.21. The zero-order chi connectivity index (χ0) is 35.5. The normalized spacial score (nSPS) is 10.9. The Hall–Kier alpha value is -4.78. The van der Waals surface area contributed by atoms with Crippen molar-refractivity contribution in [2.24, 2.45) is 14.1 Å². The van der Waals surface area contributed by atoms with E-state index in [4.69, 9.17) is 23.2 Å². The third kappa shape index (κ3) is 10.6. The summed E-state index contributed by atoms with van der Waals surface area (Å²) in [5.74, 6) is -0.233. The van der Waals surface area contributed by atoms with E-state index in [0.29, 0.717) is 71.0 Å². The van der Waals surface area contributed by atoms with Gasteiger partial charge in [0.15, 0.2) is 0 Å². The van der Waals surface area contributed by atoms with Gasteiger partial charge >= 0.3 is 0 Å². The van der Waals surface area contributed by atoms with Crippen molar-refractivity contribution in [2.75, 3.05) is 71.7 Å². The maximum atomic E-state index is 13.0. The lowest BCUT2D eigenvalue weighted by Crippen LogP contribution is -2.27. The number of aryl methyl sites for hydroxylation is 2. The second kappa shape index (κ2) is 17.6. The number of hydrogen-bond donors (Lipinski definition) is 4. The van der Waals surface area contributed by atoms with Crippen LogP contribution in [-0.2, 0) is 18.9 Å². The van der Waals surface area contributed by atoms with Gasteiger partial charge in [-0.1, -0.05) is 0 Å². The minimum absolute atomic E-state index is 0.112. The molecule has 260 valence electrons. The fraction of sp³-hybridized carbons (Fsp3) is 0.314. The molecule has 2 aromatic heterocycles. The average Bonchev–Trinajstić information content (AvgIpc) is 3.62. The van der Waals surface area contributed by atoms with Crippen LogP contribution in [0, 0.1) is 0 Å². The monoisotopic (exact) mass is 708 g/mol. The summed E-state index contributed by atoms with van der Waals surface area (Å²) in [7, 11) is 7.35. The summed E-state index contributed by atoms with van der Waals surface area (Å²) in [6, 6.07) is 17.1. The molecule has 0 spiro atoms. The van der Waals surface area contributed by atoms with Crippen LogP contribution in [0.2, 0.25) is 0 Å². The summed E-state index contributed by atoms with van der Waals surface area (Å²) in [5.41, 5.74) is 4.15. The predicted octanol–water partition coefficient (Wildman–Crippen LogP) is 5.68. The van der Waals surface area contributed by atoms with Crippen LogP contribution in [0.5, 0.6) is 0 Å². The Labute approximate surface area is 296 Å². The van der Waals surface area contributed by atoms with Gasteiger partial charge in [0.05, 0.1) is 11.4 Å². The molecular weight excluding hydrogens is 667 g/mol.